The van der Waals surface area contributed by atoms with Crippen LogP contribution in [0.25, 0.3) is 0 Å². The van der Waals surface area contributed by atoms with Gasteiger partial charge in [0.05, 0.1) is 10.2 Å². The number of thiophene rings is 1. The summed E-state index contributed by atoms with van der Waals surface area (Å²) >= 11 is 4.72. The maximum absolute atomic E-state index is 11.7. The predicted molar refractivity (Wildman–Crippen MR) is 72.7 cm³/mol. The molecule has 0 saturated carbocycles. The van der Waals surface area contributed by atoms with Gasteiger partial charge in [0.15, 0.2) is 0 Å². The molecule has 0 aromatic carbocycles. The second-order valence-electron chi connectivity index (χ2n) is 3.50. The quantitative estimate of drug-likeness (QED) is 0.769. The Morgan fingerprint density at radius 1 is 1.56 bits per heavy atom. The average Bonchev–Trinajstić information content (AvgIpc) is 2.69. The van der Waals surface area contributed by atoms with Gasteiger partial charge in [-0.2, -0.15) is 17.4 Å². The third-order valence-corrected chi connectivity index (χ3v) is 5.24. The van der Waals surface area contributed by atoms with Crippen molar-refractivity contribution in [1.82, 2.24) is 9.03 Å². The van der Waals surface area contributed by atoms with Gasteiger partial charge in [-0.1, -0.05) is 0 Å². The van der Waals surface area contributed by atoms with Crippen molar-refractivity contribution in [3.05, 3.63) is 20.8 Å². The number of nitrogens with one attached hydrogen (secondary N) is 1. The van der Waals surface area contributed by atoms with Crippen molar-refractivity contribution in [3.8, 4) is 0 Å². The topological polar surface area (TPSA) is 86.7 Å². The lowest BCUT2D eigenvalue weighted by Gasteiger charge is -2.16. The van der Waals surface area contributed by atoms with Crippen LogP contribution in [-0.2, 0) is 21.5 Å². The van der Waals surface area contributed by atoms with Crippen molar-refractivity contribution in [2.45, 2.75) is 13.0 Å². The minimum atomic E-state index is -3.63. The lowest BCUT2D eigenvalue weighted by atomic mass is 10.4. The van der Waals surface area contributed by atoms with E-state index in [4.69, 9.17) is 5.11 Å². The number of hydrogen-bond acceptors (Lipinski definition) is 4. The van der Waals surface area contributed by atoms with Gasteiger partial charge in [-0.15, -0.1) is 11.3 Å². The van der Waals surface area contributed by atoms with Gasteiger partial charge in [-0.05, 0) is 28.1 Å². The number of rotatable bonds is 7. The highest BCUT2D eigenvalue weighted by atomic mass is 79.9. The number of halogens is 1. The normalized spacial score (nSPS) is 11.9. The Morgan fingerprint density at radius 3 is 2.72 bits per heavy atom. The first-order valence-corrected chi connectivity index (χ1v) is 8.03. The Balaban J connectivity index is 2.51. The maximum Gasteiger partial charge on any atom is 0.304 e. The molecule has 0 aliphatic rings. The van der Waals surface area contributed by atoms with Gasteiger partial charge in [-0.25, -0.2) is 0 Å². The van der Waals surface area contributed by atoms with Gasteiger partial charge in [-0.3, -0.25) is 4.79 Å². The largest absolute Gasteiger partial charge is 0.481 e. The van der Waals surface area contributed by atoms with E-state index >= 15 is 0 Å². The molecule has 0 amide bonds. The lowest BCUT2D eigenvalue weighted by molar-refractivity contribution is -0.137. The molecule has 2 N–H and O–H groups in total. The van der Waals surface area contributed by atoms with Crippen LogP contribution in [0.1, 0.15) is 11.3 Å². The first kappa shape index (κ1) is 15.6. The number of carbonyl (C=O) groups is 1. The minimum absolute atomic E-state index is 0.0567. The number of carboxylic acids is 1. The molecule has 1 aromatic heterocycles. The molecule has 1 rings (SSSR count). The fourth-order valence-corrected chi connectivity index (χ4v) is 3.50. The Morgan fingerprint density at radius 2 is 2.22 bits per heavy atom. The molecule has 0 fully saturated rings. The molecule has 0 aliphatic carbocycles. The highest BCUT2D eigenvalue weighted by Crippen LogP contribution is 2.21. The Bertz CT molecular complexity index is 514. The van der Waals surface area contributed by atoms with Crippen LogP contribution < -0.4 is 4.72 Å². The van der Waals surface area contributed by atoms with Crippen LogP contribution in [0.3, 0.4) is 0 Å². The summed E-state index contributed by atoms with van der Waals surface area (Å²) in [6.45, 7) is 0.134. The fraction of sp³-hybridized carbons (Fsp3) is 0.444. The minimum Gasteiger partial charge on any atom is -0.481 e. The van der Waals surface area contributed by atoms with E-state index in [1.54, 1.807) is 0 Å². The predicted octanol–water partition coefficient (Wildman–Crippen LogP) is 1.25. The summed E-state index contributed by atoms with van der Waals surface area (Å²) in [6, 6.07) is 3.65. The molecule has 1 aromatic rings. The van der Waals surface area contributed by atoms with E-state index in [-0.39, 0.29) is 19.5 Å². The van der Waals surface area contributed by atoms with Crippen molar-refractivity contribution in [3.63, 3.8) is 0 Å². The Hall–Kier alpha value is -0.480. The van der Waals surface area contributed by atoms with Gasteiger partial charge < -0.3 is 5.11 Å². The van der Waals surface area contributed by atoms with Crippen LogP contribution in [-0.4, -0.2) is 37.4 Å². The molecular formula is C9H13BrN2O4S2. The second kappa shape index (κ2) is 6.62. The standard InChI is InChI=1S/C9H13BrN2O4S2/c1-12(5-4-9(13)14)18(15,16)11-6-7-2-3-8(10)17-7/h2-3,11H,4-6H2,1H3,(H,13,14). The van der Waals surface area contributed by atoms with E-state index in [2.05, 4.69) is 20.7 Å². The van der Waals surface area contributed by atoms with Crippen molar-refractivity contribution in [2.24, 2.45) is 0 Å². The summed E-state index contributed by atoms with van der Waals surface area (Å²) in [4.78, 5) is 11.2. The molecule has 0 radical (unpaired) electrons. The molecule has 1 heterocycles. The van der Waals surface area contributed by atoms with Crippen LogP contribution in [0.2, 0.25) is 0 Å². The van der Waals surface area contributed by atoms with Crippen molar-refractivity contribution >= 4 is 43.4 Å². The van der Waals surface area contributed by atoms with E-state index in [9.17, 15) is 13.2 Å². The first-order valence-electron chi connectivity index (χ1n) is 4.98. The summed E-state index contributed by atoms with van der Waals surface area (Å²) < 4.78 is 27.8. The molecule has 18 heavy (non-hydrogen) atoms. The molecule has 0 bridgehead atoms. The molecule has 0 unspecified atom stereocenters. The van der Waals surface area contributed by atoms with Gasteiger partial charge in [0.1, 0.15) is 0 Å². The monoisotopic (exact) mass is 356 g/mol. The van der Waals surface area contributed by atoms with Gasteiger partial charge in [0.25, 0.3) is 10.2 Å². The molecule has 0 aliphatic heterocycles. The number of aliphatic carboxylic acids is 1. The molecular weight excluding hydrogens is 344 g/mol. The van der Waals surface area contributed by atoms with E-state index in [0.29, 0.717) is 0 Å². The molecule has 9 heteroatoms. The zero-order valence-electron chi connectivity index (χ0n) is 9.59. The zero-order valence-corrected chi connectivity index (χ0v) is 12.8. The Labute approximate surface area is 118 Å². The molecule has 0 saturated heterocycles. The third kappa shape index (κ3) is 5.02. The summed E-state index contributed by atoms with van der Waals surface area (Å²) in [6.07, 6.45) is -0.220. The van der Waals surface area contributed by atoms with Crippen molar-refractivity contribution < 1.29 is 18.3 Å². The highest BCUT2D eigenvalue weighted by molar-refractivity contribution is 9.11. The van der Waals surface area contributed by atoms with Gasteiger partial charge in [0.2, 0.25) is 0 Å². The summed E-state index contributed by atoms with van der Waals surface area (Å²) in [5.74, 6) is -1.03. The lowest BCUT2D eigenvalue weighted by Crippen LogP contribution is -2.38. The summed E-state index contributed by atoms with van der Waals surface area (Å²) in [5.41, 5.74) is 0. The van der Waals surface area contributed by atoms with Crippen LogP contribution in [0.4, 0.5) is 0 Å². The van der Waals surface area contributed by atoms with Crippen LogP contribution in [0.5, 0.6) is 0 Å². The van der Waals surface area contributed by atoms with Crippen molar-refractivity contribution in [2.75, 3.05) is 13.6 Å². The van der Waals surface area contributed by atoms with Gasteiger partial charge in [0, 0.05) is 25.0 Å². The van der Waals surface area contributed by atoms with E-state index in [1.807, 2.05) is 12.1 Å². The van der Waals surface area contributed by atoms with Crippen LogP contribution >= 0.6 is 27.3 Å². The fourth-order valence-electron chi connectivity index (χ4n) is 1.09. The van der Waals surface area contributed by atoms with E-state index < -0.39 is 16.2 Å². The second-order valence-corrected chi connectivity index (χ2v) is 7.91. The third-order valence-electron chi connectivity index (χ3n) is 2.11. The average molecular weight is 357 g/mol. The first-order chi connectivity index (χ1) is 8.31. The number of carboxylic acid groups (broad SMARTS) is 1. The van der Waals surface area contributed by atoms with E-state index in [0.717, 1.165) is 13.0 Å². The molecule has 0 spiro atoms. The smallest absolute Gasteiger partial charge is 0.304 e. The SMILES string of the molecule is CN(CCC(=O)O)S(=O)(=O)NCc1ccc(Br)s1. The molecule has 6 nitrogen and oxygen atoms in total. The van der Waals surface area contributed by atoms with Crippen molar-refractivity contribution in [1.29, 1.82) is 0 Å². The summed E-state index contributed by atoms with van der Waals surface area (Å²) in [5, 5.41) is 8.49. The van der Waals surface area contributed by atoms with Crippen LogP contribution in [0, 0.1) is 0 Å². The molecule has 102 valence electrons. The maximum atomic E-state index is 11.7. The van der Waals surface area contributed by atoms with Gasteiger partial charge >= 0.3 is 5.97 Å². The summed E-state index contributed by atoms with van der Waals surface area (Å²) in [7, 11) is -2.29. The molecule has 0 atom stereocenters. The highest BCUT2D eigenvalue weighted by Gasteiger charge is 2.18. The van der Waals surface area contributed by atoms with E-state index in [1.165, 1.54) is 18.4 Å². The number of nitrogens with zero attached hydrogens (tertiary/aromatic N) is 1. The van der Waals surface area contributed by atoms with Crippen LogP contribution in [0.15, 0.2) is 15.9 Å². The Kier molecular flexibility index (Phi) is 5.73. The zero-order chi connectivity index (χ0) is 13.8. The number of hydrogen-bond donors (Lipinski definition) is 2.